The standard InChI is InChI=1S/C22H33NO3/c1-24-12-13-26-15-14-25-11-10-20-16-21-8-5-9-22(17-20)23(21)18-19-6-3-2-4-7-19/h2-4,6-7,16,21-22H,5,8-15,17-18H2,1H3. The van der Waals surface area contributed by atoms with Gasteiger partial charge in [0.1, 0.15) is 0 Å². The number of hydrogen-bond acceptors (Lipinski definition) is 4. The molecule has 26 heavy (non-hydrogen) atoms. The minimum atomic E-state index is 0.607. The molecule has 1 fully saturated rings. The Kier molecular flexibility index (Phi) is 8.15. The van der Waals surface area contributed by atoms with Crippen LogP contribution in [0.1, 0.15) is 37.7 Å². The summed E-state index contributed by atoms with van der Waals surface area (Å²) < 4.78 is 16.1. The van der Waals surface area contributed by atoms with Crippen molar-refractivity contribution in [3.63, 3.8) is 0 Å². The molecular formula is C22H33NO3. The highest BCUT2D eigenvalue weighted by molar-refractivity contribution is 5.20. The molecule has 0 saturated carbocycles. The summed E-state index contributed by atoms with van der Waals surface area (Å²) in [6, 6.07) is 12.2. The van der Waals surface area contributed by atoms with E-state index in [-0.39, 0.29) is 0 Å². The van der Waals surface area contributed by atoms with E-state index in [1.807, 2.05) is 0 Å². The molecule has 2 atom stereocenters. The largest absolute Gasteiger partial charge is 0.382 e. The molecule has 2 heterocycles. The molecule has 0 aromatic heterocycles. The van der Waals surface area contributed by atoms with Crippen LogP contribution in [0.5, 0.6) is 0 Å². The van der Waals surface area contributed by atoms with Crippen molar-refractivity contribution in [2.45, 2.75) is 50.7 Å². The topological polar surface area (TPSA) is 30.9 Å². The van der Waals surface area contributed by atoms with Crippen LogP contribution in [0.3, 0.4) is 0 Å². The molecule has 0 aliphatic carbocycles. The average Bonchev–Trinajstić information content (AvgIpc) is 2.65. The lowest BCUT2D eigenvalue weighted by Gasteiger charge is -2.45. The molecule has 4 nitrogen and oxygen atoms in total. The highest BCUT2D eigenvalue weighted by atomic mass is 16.5. The van der Waals surface area contributed by atoms with Crippen molar-refractivity contribution in [3.8, 4) is 0 Å². The van der Waals surface area contributed by atoms with E-state index in [2.05, 4.69) is 41.3 Å². The lowest BCUT2D eigenvalue weighted by atomic mass is 9.84. The molecule has 2 bridgehead atoms. The van der Waals surface area contributed by atoms with Gasteiger partial charge in [0.2, 0.25) is 0 Å². The monoisotopic (exact) mass is 359 g/mol. The van der Waals surface area contributed by atoms with Gasteiger partial charge >= 0.3 is 0 Å². The average molecular weight is 360 g/mol. The molecule has 1 aromatic carbocycles. The molecule has 3 rings (SSSR count). The maximum atomic E-state index is 5.74. The molecule has 1 saturated heterocycles. The van der Waals surface area contributed by atoms with Crippen molar-refractivity contribution < 1.29 is 14.2 Å². The van der Waals surface area contributed by atoms with Crippen LogP contribution in [0.2, 0.25) is 0 Å². The van der Waals surface area contributed by atoms with E-state index in [9.17, 15) is 0 Å². The molecule has 0 spiro atoms. The Hall–Kier alpha value is -1.20. The van der Waals surface area contributed by atoms with Gasteiger partial charge in [0.05, 0.1) is 33.0 Å². The zero-order valence-corrected chi connectivity index (χ0v) is 16.1. The quantitative estimate of drug-likeness (QED) is 0.444. The Morgan fingerprint density at radius 1 is 0.962 bits per heavy atom. The van der Waals surface area contributed by atoms with Crippen LogP contribution in [0.25, 0.3) is 0 Å². The minimum absolute atomic E-state index is 0.607. The highest BCUT2D eigenvalue weighted by Gasteiger charge is 2.33. The maximum absolute atomic E-state index is 5.74. The number of nitrogens with zero attached hydrogens (tertiary/aromatic N) is 1. The van der Waals surface area contributed by atoms with Gasteiger partial charge in [0.15, 0.2) is 0 Å². The molecule has 2 aliphatic rings. The van der Waals surface area contributed by atoms with Crippen molar-refractivity contribution in [1.29, 1.82) is 0 Å². The molecular weight excluding hydrogens is 326 g/mol. The lowest BCUT2D eigenvalue weighted by molar-refractivity contribution is 0.0246. The molecule has 4 heteroatoms. The Morgan fingerprint density at radius 2 is 1.73 bits per heavy atom. The predicted molar refractivity (Wildman–Crippen MR) is 104 cm³/mol. The summed E-state index contributed by atoms with van der Waals surface area (Å²) in [5.41, 5.74) is 3.02. The van der Waals surface area contributed by atoms with E-state index in [4.69, 9.17) is 14.2 Å². The second-order valence-corrected chi connectivity index (χ2v) is 7.31. The number of methoxy groups -OCH3 is 1. The van der Waals surface area contributed by atoms with Crippen LogP contribution in [-0.2, 0) is 20.8 Å². The van der Waals surface area contributed by atoms with Gasteiger partial charge in [-0.1, -0.05) is 48.4 Å². The third kappa shape index (κ3) is 5.92. The van der Waals surface area contributed by atoms with Gasteiger partial charge < -0.3 is 14.2 Å². The van der Waals surface area contributed by atoms with Crippen molar-refractivity contribution in [2.24, 2.45) is 0 Å². The molecule has 0 N–H and O–H groups in total. The maximum Gasteiger partial charge on any atom is 0.0701 e. The van der Waals surface area contributed by atoms with Crippen LogP contribution < -0.4 is 0 Å². The zero-order chi connectivity index (χ0) is 18.0. The number of piperidine rings is 1. The van der Waals surface area contributed by atoms with E-state index in [0.29, 0.717) is 38.5 Å². The van der Waals surface area contributed by atoms with Gasteiger partial charge in [0.25, 0.3) is 0 Å². The fraction of sp³-hybridized carbons (Fsp3) is 0.636. The molecule has 2 unspecified atom stereocenters. The van der Waals surface area contributed by atoms with E-state index in [0.717, 1.165) is 19.6 Å². The highest BCUT2D eigenvalue weighted by Crippen LogP contribution is 2.35. The van der Waals surface area contributed by atoms with Crippen LogP contribution in [0.15, 0.2) is 42.0 Å². The number of rotatable bonds is 11. The van der Waals surface area contributed by atoms with Crippen molar-refractivity contribution in [2.75, 3.05) is 40.1 Å². The number of ether oxygens (including phenoxy) is 3. The van der Waals surface area contributed by atoms with E-state index in [1.165, 1.54) is 31.2 Å². The number of benzene rings is 1. The summed E-state index contributed by atoms with van der Waals surface area (Å²) in [5, 5.41) is 0. The van der Waals surface area contributed by atoms with Crippen LogP contribution in [0.4, 0.5) is 0 Å². The van der Waals surface area contributed by atoms with E-state index in [1.54, 1.807) is 12.7 Å². The van der Waals surface area contributed by atoms with E-state index >= 15 is 0 Å². The van der Waals surface area contributed by atoms with Crippen molar-refractivity contribution in [1.82, 2.24) is 4.90 Å². The first kappa shape index (κ1) is 19.6. The van der Waals surface area contributed by atoms with Gasteiger partial charge in [-0.25, -0.2) is 0 Å². The van der Waals surface area contributed by atoms with Crippen molar-refractivity contribution in [3.05, 3.63) is 47.5 Å². The summed E-state index contributed by atoms with van der Waals surface area (Å²) in [7, 11) is 1.69. The lowest BCUT2D eigenvalue weighted by Crippen LogP contribution is -2.48. The minimum Gasteiger partial charge on any atom is -0.382 e. The summed E-state index contributed by atoms with van der Waals surface area (Å²) in [6.45, 7) is 4.50. The Balaban J connectivity index is 1.41. The molecule has 2 aliphatic heterocycles. The van der Waals surface area contributed by atoms with Gasteiger partial charge in [-0.05, 0) is 31.2 Å². The van der Waals surface area contributed by atoms with Crippen LogP contribution in [-0.4, -0.2) is 57.1 Å². The first-order valence-corrected chi connectivity index (χ1v) is 10.0. The summed E-state index contributed by atoms with van der Waals surface area (Å²) in [6.07, 6.45) is 8.77. The SMILES string of the molecule is COCCOCCOCCC1=CC2CCCC(C1)N2Cc1ccccc1. The predicted octanol–water partition coefficient (Wildman–Crippen LogP) is 3.81. The first-order valence-electron chi connectivity index (χ1n) is 10.0. The summed E-state index contributed by atoms with van der Waals surface area (Å²) in [4.78, 5) is 2.72. The third-order valence-electron chi connectivity index (χ3n) is 5.44. The van der Waals surface area contributed by atoms with Crippen LogP contribution >= 0.6 is 0 Å². The normalized spacial score (nSPS) is 23.0. The Morgan fingerprint density at radius 3 is 2.50 bits per heavy atom. The Labute approximate surface area is 158 Å². The zero-order valence-electron chi connectivity index (χ0n) is 16.1. The molecule has 1 aromatic rings. The first-order chi connectivity index (χ1) is 12.9. The fourth-order valence-corrected chi connectivity index (χ4v) is 4.10. The second-order valence-electron chi connectivity index (χ2n) is 7.31. The molecule has 144 valence electrons. The van der Waals surface area contributed by atoms with Gasteiger partial charge in [-0.15, -0.1) is 0 Å². The molecule has 0 amide bonds. The smallest absolute Gasteiger partial charge is 0.0701 e. The number of fused-ring (bicyclic) bond motifs is 2. The van der Waals surface area contributed by atoms with Gasteiger partial charge in [0, 0.05) is 25.7 Å². The van der Waals surface area contributed by atoms with Crippen LogP contribution in [0, 0.1) is 0 Å². The summed E-state index contributed by atoms with van der Waals surface area (Å²) in [5.74, 6) is 0. The fourth-order valence-electron chi connectivity index (χ4n) is 4.10. The summed E-state index contributed by atoms with van der Waals surface area (Å²) >= 11 is 0. The van der Waals surface area contributed by atoms with E-state index < -0.39 is 0 Å². The Bertz CT molecular complexity index is 546. The second kappa shape index (κ2) is 10.8. The third-order valence-corrected chi connectivity index (χ3v) is 5.44. The number of hydrogen-bond donors (Lipinski definition) is 0. The van der Waals surface area contributed by atoms with Crippen molar-refractivity contribution >= 4 is 0 Å². The van der Waals surface area contributed by atoms with Gasteiger partial charge in [-0.3, -0.25) is 4.90 Å². The molecule has 0 radical (unpaired) electrons. The van der Waals surface area contributed by atoms with Gasteiger partial charge in [-0.2, -0.15) is 0 Å².